The number of methoxy groups -OCH3 is 1. The van der Waals surface area contributed by atoms with Gasteiger partial charge in [-0.3, -0.25) is 0 Å². The highest BCUT2D eigenvalue weighted by atomic mass is 32.2. The lowest BCUT2D eigenvalue weighted by atomic mass is 10.2. The van der Waals surface area contributed by atoms with Crippen molar-refractivity contribution in [2.24, 2.45) is 11.7 Å². The van der Waals surface area contributed by atoms with Gasteiger partial charge in [-0.25, -0.2) is 8.42 Å². The number of nitrogens with two attached hydrogens (primary N) is 1. The van der Waals surface area contributed by atoms with E-state index < -0.39 is 10.0 Å². The Morgan fingerprint density at radius 1 is 1.40 bits per heavy atom. The number of nitrogens with zero attached hydrogens (tertiary/aromatic N) is 1. The summed E-state index contributed by atoms with van der Waals surface area (Å²) in [6, 6.07) is 4.87. The summed E-state index contributed by atoms with van der Waals surface area (Å²) < 4.78 is 32.0. The normalized spacial score (nSPS) is 15.6. The summed E-state index contributed by atoms with van der Waals surface area (Å²) in [5, 5.41) is 0. The third-order valence-corrected chi connectivity index (χ3v) is 5.56. The molecule has 0 amide bonds. The lowest BCUT2D eigenvalue weighted by molar-refractivity contribution is 0.406. The van der Waals surface area contributed by atoms with Crippen molar-refractivity contribution < 1.29 is 13.2 Å². The predicted octanol–water partition coefficient (Wildman–Crippen LogP) is 1.57. The molecule has 20 heavy (non-hydrogen) atoms. The molecular formula is C14H22N2O3S. The molecule has 0 bridgehead atoms. The summed E-state index contributed by atoms with van der Waals surface area (Å²) >= 11 is 0. The number of ether oxygens (including phenoxy) is 1. The highest BCUT2D eigenvalue weighted by Gasteiger charge is 2.30. The van der Waals surface area contributed by atoms with Crippen LogP contribution in [0.25, 0.3) is 0 Å². The van der Waals surface area contributed by atoms with E-state index in [9.17, 15) is 8.42 Å². The van der Waals surface area contributed by atoms with Crippen molar-refractivity contribution in [3.63, 3.8) is 0 Å². The fraction of sp³-hybridized carbons (Fsp3) is 0.571. The van der Waals surface area contributed by atoms with Gasteiger partial charge in [0.15, 0.2) is 0 Å². The fourth-order valence-corrected chi connectivity index (χ4v) is 3.79. The zero-order valence-electron chi connectivity index (χ0n) is 12.0. The molecule has 1 aromatic carbocycles. The van der Waals surface area contributed by atoms with Gasteiger partial charge in [-0.1, -0.05) is 6.92 Å². The van der Waals surface area contributed by atoms with Crippen molar-refractivity contribution >= 4 is 10.0 Å². The average Bonchev–Trinajstić information content (AvgIpc) is 3.27. The summed E-state index contributed by atoms with van der Waals surface area (Å²) in [6.07, 6.45) is 2.26. The van der Waals surface area contributed by atoms with Crippen LogP contribution in [-0.4, -0.2) is 32.9 Å². The van der Waals surface area contributed by atoms with E-state index in [-0.39, 0.29) is 6.54 Å². The topological polar surface area (TPSA) is 72.6 Å². The van der Waals surface area contributed by atoms with Crippen LogP contribution in [0.1, 0.15) is 25.3 Å². The van der Waals surface area contributed by atoms with Crippen molar-refractivity contribution in [1.29, 1.82) is 0 Å². The van der Waals surface area contributed by atoms with Crippen molar-refractivity contribution in [3.8, 4) is 5.75 Å². The monoisotopic (exact) mass is 298 g/mol. The number of benzene rings is 1. The Bertz CT molecular complexity index is 568. The Morgan fingerprint density at radius 3 is 2.60 bits per heavy atom. The molecule has 0 radical (unpaired) electrons. The lowest BCUT2D eigenvalue weighted by Crippen LogP contribution is -2.32. The van der Waals surface area contributed by atoms with Crippen LogP contribution >= 0.6 is 0 Å². The third-order valence-electron chi connectivity index (χ3n) is 3.62. The van der Waals surface area contributed by atoms with Crippen LogP contribution in [0.5, 0.6) is 5.75 Å². The average molecular weight is 298 g/mol. The van der Waals surface area contributed by atoms with Gasteiger partial charge in [0, 0.05) is 25.2 Å². The van der Waals surface area contributed by atoms with E-state index in [1.54, 1.807) is 29.6 Å². The largest absolute Gasteiger partial charge is 0.496 e. The van der Waals surface area contributed by atoms with E-state index in [1.165, 1.54) is 0 Å². The summed E-state index contributed by atoms with van der Waals surface area (Å²) in [5.41, 5.74) is 6.35. The second kappa shape index (κ2) is 6.11. The van der Waals surface area contributed by atoms with Crippen LogP contribution in [0, 0.1) is 5.92 Å². The quantitative estimate of drug-likeness (QED) is 0.829. The molecule has 6 heteroatoms. The van der Waals surface area contributed by atoms with Crippen molar-refractivity contribution in [2.75, 3.05) is 20.2 Å². The molecule has 1 fully saturated rings. The minimum absolute atomic E-state index is 0.251. The minimum atomic E-state index is -3.44. The van der Waals surface area contributed by atoms with Gasteiger partial charge in [0.1, 0.15) is 5.75 Å². The van der Waals surface area contributed by atoms with E-state index in [0.29, 0.717) is 35.2 Å². The zero-order valence-corrected chi connectivity index (χ0v) is 12.8. The van der Waals surface area contributed by atoms with Crippen LogP contribution in [0.15, 0.2) is 23.1 Å². The number of sulfonamides is 1. The first-order chi connectivity index (χ1) is 9.52. The van der Waals surface area contributed by atoms with Crippen molar-refractivity contribution in [1.82, 2.24) is 4.31 Å². The van der Waals surface area contributed by atoms with E-state index in [4.69, 9.17) is 10.5 Å². The molecule has 0 spiro atoms. The van der Waals surface area contributed by atoms with Gasteiger partial charge in [-0.05, 0) is 37.0 Å². The summed E-state index contributed by atoms with van der Waals surface area (Å²) in [5.74, 6) is 1.15. The third kappa shape index (κ3) is 3.13. The standard InChI is InChI=1S/C14H22N2O3S/c1-3-16(10-11-4-5-11)20(17,18)13-6-7-14(19-2)12(8-13)9-15/h6-8,11H,3-5,9-10,15H2,1-2H3. The predicted molar refractivity (Wildman–Crippen MR) is 78.0 cm³/mol. The molecule has 112 valence electrons. The molecule has 1 saturated carbocycles. The summed E-state index contributed by atoms with van der Waals surface area (Å²) in [4.78, 5) is 0.293. The minimum Gasteiger partial charge on any atom is -0.496 e. The van der Waals surface area contributed by atoms with Crippen LogP contribution in [0.2, 0.25) is 0 Å². The lowest BCUT2D eigenvalue weighted by Gasteiger charge is -2.21. The Hall–Kier alpha value is -1.11. The molecule has 2 N–H and O–H groups in total. The molecule has 0 aliphatic heterocycles. The van der Waals surface area contributed by atoms with Gasteiger partial charge in [0.05, 0.1) is 12.0 Å². The zero-order chi connectivity index (χ0) is 14.8. The maximum atomic E-state index is 12.6. The highest BCUT2D eigenvalue weighted by molar-refractivity contribution is 7.89. The van der Waals surface area contributed by atoms with Gasteiger partial charge >= 0.3 is 0 Å². The summed E-state index contributed by atoms with van der Waals surface area (Å²) in [7, 11) is -1.89. The smallest absolute Gasteiger partial charge is 0.243 e. The van der Waals surface area contributed by atoms with Gasteiger partial charge in [-0.2, -0.15) is 4.31 Å². The van der Waals surface area contributed by atoms with Crippen molar-refractivity contribution in [2.45, 2.75) is 31.2 Å². The highest BCUT2D eigenvalue weighted by Crippen LogP contribution is 2.32. The van der Waals surface area contributed by atoms with E-state index in [0.717, 1.165) is 12.8 Å². The maximum Gasteiger partial charge on any atom is 0.243 e. The summed E-state index contributed by atoms with van der Waals surface area (Å²) in [6.45, 7) is 3.22. The molecule has 1 aliphatic carbocycles. The van der Waals surface area contributed by atoms with Crippen LogP contribution in [-0.2, 0) is 16.6 Å². The van der Waals surface area contributed by atoms with Crippen molar-refractivity contribution in [3.05, 3.63) is 23.8 Å². The van der Waals surface area contributed by atoms with Crippen LogP contribution in [0.4, 0.5) is 0 Å². The molecule has 1 aromatic rings. The Balaban J connectivity index is 2.31. The molecule has 1 aliphatic rings. The first kappa shape index (κ1) is 15.3. The number of rotatable bonds is 7. The molecular weight excluding hydrogens is 276 g/mol. The van der Waals surface area contributed by atoms with Crippen LogP contribution in [0.3, 0.4) is 0 Å². The Kier molecular flexibility index (Phi) is 4.67. The first-order valence-corrected chi connectivity index (χ1v) is 8.34. The Labute approximate surface area is 120 Å². The molecule has 5 nitrogen and oxygen atoms in total. The van der Waals surface area contributed by atoms with Gasteiger partial charge in [-0.15, -0.1) is 0 Å². The fourth-order valence-electron chi connectivity index (χ4n) is 2.21. The molecule has 0 atom stereocenters. The molecule has 0 heterocycles. The maximum absolute atomic E-state index is 12.6. The van der Waals surface area contributed by atoms with E-state index >= 15 is 0 Å². The van der Waals surface area contributed by atoms with Gasteiger partial charge < -0.3 is 10.5 Å². The number of hydrogen-bond acceptors (Lipinski definition) is 4. The van der Waals surface area contributed by atoms with Gasteiger partial charge in [0.25, 0.3) is 0 Å². The van der Waals surface area contributed by atoms with Crippen LogP contribution < -0.4 is 10.5 Å². The van der Waals surface area contributed by atoms with Gasteiger partial charge in [0.2, 0.25) is 10.0 Å². The molecule has 2 rings (SSSR count). The molecule has 0 unspecified atom stereocenters. The van der Waals surface area contributed by atoms with E-state index in [1.807, 2.05) is 6.92 Å². The first-order valence-electron chi connectivity index (χ1n) is 6.90. The Morgan fingerprint density at radius 2 is 2.10 bits per heavy atom. The number of hydrogen-bond donors (Lipinski definition) is 1. The molecule has 0 aromatic heterocycles. The second-order valence-electron chi connectivity index (χ2n) is 5.08. The van der Waals surface area contributed by atoms with E-state index in [2.05, 4.69) is 0 Å². The second-order valence-corrected chi connectivity index (χ2v) is 7.01. The molecule has 0 saturated heterocycles. The SMILES string of the molecule is CCN(CC1CC1)S(=O)(=O)c1ccc(OC)c(CN)c1.